The third kappa shape index (κ3) is 2.11. The number of hydrogen-bond donors (Lipinski definition) is 1. The van der Waals surface area contributed by atoms with E-state index in [1.807, 2.05) is 37.3 Å². The average molecular weight is 305 g/mol. The number of aliphatic carboxylic acids is 1. The molecular formula is C17H20FNO3. The predicted molar refractivity (Wildman–Crippen MR) is 78.9 cm³/mol. The zero-order valence-electron chi connectivity index (χ0n) is 12.5. The van der Waals surface area contributed by atoms with Crippen LogP contribution >= 0.6 is 0 Å². The van der Waals surface area contributed by atoms with E-state index >= 15 is 0 Å². The molecule has 0 radical (unpaired) electrons. The van der Waals surface area contributed by atoms with Crippen LogP contribution in [0.3, 0.4) is 0 Å². The van der Waals surface area contributed by atoms with Gasteiger partial charge in [-0.2, -0.15) is 0 Å². The second-order valence-corrected chi connectivity index (χ2v) is 6.40. The zero-order chi connectivity index (χ0) is 15.9. The second-order valence-electron chi connectivity index (χ2n) is 6.40. The Labute approximate surface area is 128 Å². The van der Waals surface area contributed by atoms with Crippen molar-refractivity contribution in [2.45, 2.75) is 38.4 Å². The molecule has 4 nitrogen and oxygen atoms in total. The van der Waals surface area contributed by atoms with Crippen molar-refractivity contribution in [3.8, 4) is 0 Å². The van der Waals surface area contributed by atoms with Crippen LogP contribution in [-0.2, 0) is 9.59 Å². The number of carboxylic acid groups (broad SMARTS) is 1. The van der Waals surface area contributed by atoms with Crippen molar-refractivity contribution >= 4 is 11.9 Å². The molecule has 2 aliphatic rings. The molecule has 5 heteroatoms. The van der Waals surface area contributed by atoms with Crippen molar-refractivity contribution < 1.29 is 19.1 Å². The van der Waals surface area contributed by atoms with Crippen LogP contribution in [0.5, 0.6) is 0 Å². The van der Waals surface area contributed by atoms with Crippen molar-refractivity contribution in [2.24, 2.45) is 11.3 Å². The van der Waals surface area contributed by atoms with Gasteiger partial charge in [0.2, 0.25) is 0 Å². The van der Waals surface area contributed by atoms with Crippen molar-refractivity contribution in [3.63, 3.8) is 0 Å². The summed E-state index contributed by atoms with van der Waals surface area (Å²) in [4.78, 5) is 25.4. The standard InChI is InChI=1S/C17H20FNO3/c1-11(12-6-3-2-4-7-12)19-10-13(14(18)15(19)20)17(16(21)22)8-5-9-17/h2-4,6-7,11,13-14H,5,8-10H2,1H3,(H,21,22)/t11-,13-,14?/m0/s1. The lowest BCUT2D eigenvalue weighted by molar-refractivity contribution is -0.161. The largest absolute Gasteiger partial charge is 0.481 e. The van der Waals surface area contributed by atoms with Gasteiger partial charge in [-0.1, -0.05) is 36.8 Å². The normalized spacial score (nSPS) is 28.3. The van der Waals surface area contributed by atoms with Crippen LogP contribution < -0.4 is 0 Å². The Hall–Kier alpha value is -1.91. The number of hydrogen-bond acceptors (Lipinski definition) is 2. The smallest absolute Gasteiger partial charge is 0.310 e. The van der Waals surface area contributed by atoms with E-state index in [1.54, 1.807) is 0 Å². The summed E-state index contributed by atoms with van der Waals surface area (Å²) in [6, 6.07) is 9.19. The minimum Gasteiger partial charge on any atom is -0.481 e. The van der Waals surface area contributed by atoms with E-state index in [1.165, 1.54) is 4.90 Å². The van der Waals surface area contributed by atoms with Crippen molar-refractivity contribution in [2.75, 3.05) is 6.54 Å². The Morgan fingerprint density at radius 2 is 2.00 bits per heavy atom. The maximum atomic E-state index is 14.5. The average Bonchev–Trinajstić information content (AvgIpc) is 2.75. The summed E-state index contributed by atoms with van der Waals surface area (Å²) in [5.41, 5.74) is -0.123. The number of benzene rings is 1. The number of halogens is 1. The molecule has 118 valence electrons. The highest BCUT2D eigenvalue weighted by atomic mass is 19.1. The van der Waals surface area contributed by atoms with Gasteiger partial charge in [-0.3, -0.25) is 9.59 Å². The number of alkyl halides is 1. The van der Waals surface area contributed by atoms with Gasteiger partial charge >= 0.3 is 5.97 Å². The predicted octanol–water partition coefficient (Wildman–Crippen LogP) is 2.80. The minimum absolute atomic E-state index is 0.183. The Kier molecular flexibility index (Phi) is 3.67. The summed E-state index contributed by atoms with van der Waals surface area (Å²) in [7, 11) is 0. The van der Waals surface area contributed by atoms with Gasteiger partial charge in [0.15, 0.2) is 6.17 Å². The molecule has 0 aromatic heterocycles. The van der Waals surface area contributed by atoms with Crippen LogP contribution in [0.4, 0.5) is 4.39 Å². The SMILES string of the molecule is C[C@@H](c1ccccc1)N1C[C@H](C2(C(=O)O)CCC2)C(F)C1=O. The fraction of sp³-hybridized carbons (Fsp3) is 0.529. The Balaban J connectivity index is 1.84. The maximum absolute atomic E-state index is 14.5. The van der Waals surface area contributed by atoms with E-state index < -0.39 is 29.4 Å². The lowest BCUT2D eigenvalue weighted by atomic mass is 9.60. The fourth-order valence-electron chi connectivity index (χ4n) is 3.74. The van der Waals surface area contributed by atoms with Gasteiger partial charge in [0.1, 0.15) is 0 Å². The number of nitrogens with zero attached hydrogens (tertiary/aromatic N) is 1. The van der Waals surface area contributed by atoms with Gasteiger partial charge in [-0.15, -0.1) is 0 Å². The molecule has 1 aromatic rings. The van der Waals surface area contributed by atoms with Gasteiger partial charge < -0.3 is 10.0 Å². The van der Waals surface area contributed by atoms with E-state index in [0.29, 0.717) is 12.8 Å². The molecule has 2 fully saturated rings. The Bertz CT molecular complexity index is 585. The molecule has 1 heterocycles. The van der Waals surface area contributed by atoms with Gasteiger partial charge in [-0.05, 0) is 25.3 Å². The molecule has 1 amide bonds. The molecule has 3 rings (SSSR count). The summed E-state index contributed by atoms with van der Waals surface area (Å²) in [6.45, 7) is 2.04. The van der Waals surface area contributed by atoms with E-state index in [9.17, 15) is 19.1 Å². The molecule has 3 atom stereocenters. The number of likely N-dealkylation sites (tertiary alicyclic amines) is 1. The van der Waals surface area contributed by atoms with Gasteiger partial charge in [-0.25, -0.2) is 4.39 Å². The van der Waals surface area contributed by atoms with E-state index in [4.69, 9.17) is 0 Å². The Morgan fingerprint density at radius 1 is 1.36 bits per heavy atom. The number of carboxylic acids is 1. The Morgan fingerprint density at radius 3 is 2.50 bits per heavy atom. The lowest BCUT2D eigenvalue weighted by Gasteiger charge is -2.42. The minimum atomic E-state index is -1.71. The van der Waals surface area contributed by atoms with Gasteiger partial charge in [0, 0.05) is 12.5 Å². The molecule has 1 saturated heterocycles. The fourth-order valence-corrected chi connectivity index (χ4v) is 3.74. The highest BCUT2D eigenvalue weighted by Crippen LogP contribution is 2.52. The first kappa shape index (κ1) is 15.0. The van der Waals surface area contributed by atoms with E-state index in [-0.39, 0.29) is 12.6 Å². The summed E-state index contributed by atoms with van der Waals surface area (Å²) in [5, 5.41) is 9.49. The monoisotopic (exact) mass is 305 g/mol. The highest BCUT2D eigenvalue weighted by Gasteiger charge is 2.59. The first-order valence-corrected chi connectivity index (χ1v) is 7.70. The summed E-state index contributed by atoms with van der Waals surface area (Å²) in [6.07, 6.45) is 0.0167. The molecule has 1 saturated carbocycles. The topological polar surface area (TPSA) is 57.6 Å². The van der Waals surface area contributed by atoms with Gasteiger partial charge in [0.05, 0.1) is 11.5 Å². The van der Waals surface area contributed by atoms with Crippen LogP contribution in [0.15, 0.2) is 30.3 Å². The first-order valence-electron chi connectivity index (χ1n) is 7.70. The summed E-state index contributed by atoms with van der Waals surface area (Å²) < 4.78 is 14.5. The molecule has 1 N–H and O–H groups in total. The van der Waals surface area contributed by atoms with Gasteiger partial charge in [0.25, 0.3) is 5.91 Å². The molecule has 1 aromatic carbocycles. The molecule has 1 aliphatic heterocycles. The molecule has 1 unspecified atom stereocenters. The second kappa shape index (κ2) is 5.38. The molecule has 1 aliphatic carbocycles. The van der Waals surface area contributed by atoms with Crippen LogP contribution in [0.25, 0.3) is 0 Å². The molecule has 0 spiro atoms. The van der Waals surface area contributed by atoms with Crippen molar-refractivity contribution in [3.05, 3.63) is 35.9 Å². The summed E-state index contributed by atoms with van der Waals surface area (Å²) in [5.74, 6) is -2.28. The van der Waals surface area contributed by atoms with Crippen molar-refractivity contribution in [1.29, 1.82) is 0 Å². The van der Waals surface area contributed by atoms with Crippen LogP contribution in [0.2, 0.25) is 0 Å². The number of rotatable bonds is 4. The quantitative estimate of drug-likeness (QED) is 0.930. The number of carbonyl (C=O) groups excluding carboxylic acids is 1. The lowest BCUT2D eigenvalue weighted by Crippen LogP contribution is -2.48. The molecular weight excluding hydrogens is 285 g/mol. The molecule has 22 heavy (non-hydrogen) atoms. The van der Waals surface area contributed by atoms with Crippen LogP contribution in [0.1, 0.15) is 37.8 Å². The van der Waals surface area contributed by atoms with Crippen molar-refractivity contribution in [1.82, 2.24) is 4.90 Å². The summed E-state index contributed by atoms with van der Waals surface area (Å²) >= 11 is 0. The third-order valence-electron chi connectivity index (χ3n) is 5.40. The maximum Gasteiger partial charge on any atom is 0.310 e. The van der Waals surface area contributed by atoms with E-state index in [2.05, 4.69) is 0 Å². The first-order chi connectivity index (χ1) is 10.5. The third-order valence-corrected chi connectivity index (χ3v) is 5.40. The van der Waals surface area contributed by atoms with Crippen LogP contribution in [-0.4, -0.2) is 34.6 Å². The highest BCUT2D eigenvalue weighted by molar-refractivity contribution is 5.86. The zero-order valence-corrected chi connectivity index (χ0v) is 12.5. The van der Waals surface area contributed by atoms with Crippen LogP contribution in [0, 0.1) is 11.3 Å². The number of amides is 1. The molecule has 0 bridgehead atoms. The number of carbonyl (C=O) groups is 2. The van der Waals surface area contributed by atoms with E-state index in [0.717, 1.165) is 12.0 Å².